The lowest BCUT2D eigenvalue weighted by molar-refractivity contribution is 0.0933. The molecule has 0 spiro atoms. The Labute approximate surface area is 175 Å². The highest BCUT2D eigenvalue weighted by Gasteiger charge is 2.18. The van der Waals surface area contributed by atoms with Crippen LogP contribution in [0.3, 0.4) is 0 Å². The van der Waals surface area contributed by atoms with Gasteiger partial charge in [0.1, 0.15) is 5.75 Å². The third-order valence-electron chi connectivity index (χ3n) is 4.53. The fraction of sp³-hybridized carbons (Fsp3) is 0.273. The van der Waals surface area contributed by atoms with Crippen LogP contribution in [0.5, 0.6) is 5.75 Å². The molecule has 0 fully saturated rings. The van der Waals surface area contributed by atoms with Crippen LogP contribution in [-0.2, 0) is 0 Å². The van der Waals surface area contributed by atoms with Crippen molar-refractivity contribution in [3.63, 3.8) is 0 Å². The predicted molar refractivity (Wildman–Crippen MR) is 113 cm³/mol. The third-order valence-corrected chi connectivity index (χ3v) is 4.78. The van der Waals surface area contributed by atoms with E-state index in [1.54, 1.807) is 6.07 Å². The Kier molecular flexibility index (Phi) is 6.90. The van der Waals surface area contributed by atoms with Crippen molar-refractivity contribution in [2.24, 2.45) is 0 Å². The first-order valence-corrected chi connectivity index (χ1v) is 9.75. The van der Waals surface area contributed by atoms with Crippen molar-refractivity contribution in [1.82, 2.24) is 15.4 Å². The molecule has 0 aliphatic carbocycles. The van der Waals surface area contributed by atoms with Gasteiger partial charge < -0.3 is 19.5 Å². The van der Waals surface area contributed by atoms with Gasteiger partial charge in [0.2, 0.25) is 0 Å². The number of carbonyl (C=O) groups is 1. The number of carbonyl (C=O) groups excluding carboxylic acids is 1. The zero-order valence-electron chi connectivity index (χ0n) is 16.7. The smallest absolute Gasteiger partial charge is 0.273 e. The van der Waals surface area contributed by atoms with Crippen molar-refractivity contribution in [1.29, 1.82) is 0 Å². The number of hydrogen-bond donors (Lipinski definition) is 1. The van der Waals surface area contributed by atoms with Gasteiger partial charge in [0.25, 0.3) is 5.91 Å². The van der Waals surface area contributed by atoms with E-state index in [0.717, 1.165) is 16.9 Å². The maximum atomic E-state index is 12.5. The molecular weight excluding hydrogens is 390 g/mol. The molecule has 0 aliphatic heterocycles. The molecular formula is C22H24ClN3O3. The molecule has 1 heterocycles. The Balaban J connectivity index is 1.65. The molecule has 0 radical (unpaired) electrons. The second kappa shape index (κ2) is 9.58. The van der Waals surface area contributed by atoms with Gasteiger partial charge in [-0.25, -0.2) is 0 Å². The molecule has 0 unspecified atom stereocenters. The molecule has 0 saturated carbocycles. The second-order valence-electron chi connectivity index (χ2n) is 6.77. The molecule has 2 aromatic carbocycles. The number of likely N-dealkylation sites (N-methyl/N-ethyl adjacent to an activating group) is 1. The quantitative estimate of drug-likeness (QED) is 0.591. The van der Waals surface area contributed by atoms with E-state index in [-0.39, 0.29) is 17.6 Å². The molecule has 0 aliphatic rings. The monoisotopic (exact) mass is 413 g/mol. The van der Waals surface area contributed by atoms with Gasteiger partial charge in [-0.15, -0.1) is 0 Å². The van der Waals surface area contributed by atoms with Gasteiger partial charge in [0.05, 0.1) is 12.6 Å². The SMILES string of the molecule is CCOc1ccc(-c2cc(C(=O)NC[C@H](c3ccc(Cl)cc3)N(C)C)no2)cc1. The molecule has 0 saturated heterocycles. The average Bonchev–Trinajstić information content (AvgIpc) is 3.20. The first-order valence-electron chi connectivity index (χ1n) is 9.38. The summed E-state index contributed by atoms with van der Waals surface area (Å²) in [6.07, 6.45) is 0. The molecule has 3 aromatic rings. The van der Waals surface area contributed by atoms with E-state index in [9.17, 15) is 4.79 Å². The van der Waals surface area contributed by atoms with E-state index < -0.39 is 0 Å². The van der Waals surface area contributed by atoms with Crippen molar-refractivity contribution in [2.45, 2.75) is 13.0 Å². The summed E-state index contributed by atoms with van der Waals surface area (Å²) in [4.78, 5) is 14.6. The van der Waals surface area contributed by atoms with E-state index >= 15 is 0 Å². The average molecular weight is 414 g/mol. The van der Waals surface area contributed by atoms with Crippen molar-refractivity contribution < 1.29 is 14.1 Å². The zero-order valence-corrected chi connectivity index (χ0v) is 17.4. The van der Waals surface area contributed by atoms with Crippen LogP contribution in [0.25, 0.3) is 11.3 Å². The fourth-order valence-corrected chi connectivity index (χ4v) is 3.09. The Bertz CT molecular complexity index is 937. The molecule has 152 valence electrons. The summed E-state index contributed by atoms with van der Waals surface area (Å²) in [6.45, 7) is 2.97. The van der Waals surface area contributed by atoms with Gasteiger partial charge in [-0.2, -0.15) is 0 Å². The van der Waals surface area contributed by atoms with Crippen molar-refractivity contribution in [3.05, 3.63) is 70.9 Å². The van der Waals surface area contributed by atoms with Crippen LogP contribution in [0, 0.1) is 0 Å². The second-order valence-corrected chi connectivity index (χ2v) is 7.21. The van der Waals surface area contributed by atoms with Crippen molar-refractivity contribution in [3.8, 4) is 17.1 Å². The summed E-state index contributed by atoms with van der Waals surface area (Å²) in [6, 6.07) is 16.7. The molecule has 1 amide bonds. The van der Waals surface area contributed by atoms with Crippen LogP contribution in [0.1, 0.15) is 29.0 Å². The van der Waals surface area contributed by atoms with Crippen LogP contribution in [-0.4, -0.2) is 43.2 Å². The minimum Gasteiger partial charge on any atom is -0.494 e. The van der Waals surface area contributed by atoms with Crippen LogP contribution in [0.2, 0.25) is 5.02 Å². The molecule has 29 heavy (non-hydrogen) atoms. The lowest BCUT2D eigenvalue weighted by atomic mass is 10.1. The van der Waals surface area contributed by atoms with Crippen molar-refractivity contribution >= 4 is 17.5 Å². The Morgan fingerprint density at radius 2 is 1.86 bits per heavy atom. The summed E-state index contributed by atoms with van der Waals surface area (Å²) in [5.74, 6) is 1.03. The van der Waals surface area contributed by atoms with Gasteiger partial charge in [-0.3, -0.25) is 4.79 Å². The van der Waals surface area contributed by atoms with Crippen LogP contribution in [0.4, 0.5) is 0 Å². The Morgan fingerprint density at radius 3 is 2.48 bits per heavy atom. The lowest BCUT2D eigenvalue weighted by Crippen LogP contribution is -2.34. The fourth-order valence-electron chi connectivity index (χ4n) is 2.96. The van der Waals surface area contributed by atoms with Gasteiger partial charge >= 0.3 is 0 Å². The zero-order chi connectivity index (χ0) is 20.8. The van der Waals surface area contributed by atoms with Gasteiger partial charge in [-0.05, 0) is 63.0 Å². The third kappa shape index (κ3) is 5.37. The number of halogens is 1. The number of amides is 1. The van der Waals surface area contributed by atoms with Gasteiger partial charge in [-0.1, -0.05) is 28.9 Å². The van der Waals surface area contributed by atoms with E-state index in [4.69, 9.17) is 20.9 Å². The Hall–Kier alpha value is -2.83. The minimum atomic E-state index is -0.285. The molecule has 1 N–H and O–H groups in total. The number of benzene rings is 2. The van der Waals surface area contributed by atoms with Gasteiger partial charge in [0.15, 0.2) is 11.5 Å². The van der Waals surface area contributed by atoms with E-state index in [0.29, 0.717) is 23.9 Å². The highest BCUT2D eigenvalue weighted by molar-refractivity contribution is 6.30. The summed E-state index contributed by atoms with van der Waals surface area (Å²) in [5, 5.41) is 7.52. The number of ether oxygens (including phenoxy) is 1. The number of nitrogens with zero attached hydrogens (tertiary/aromatic N) is 2. The normalized spacial score (nSPS) is 12.0. The highest BCUT2D eigenvalue weighted by Crippen LogP contribution is 2.24. The largest absolute Gasteiger partial charge is 0.494 e. The summed E-state index contributed by atoms with van der Waals surface area (Å²) < 4.78 is 10.8. The first kappa shape index (κ1) is 20.9. The van der Waals surface area contributed by atoms with Gasteiger partial charge in [0, 0.05) is 23.2 Å². The van der Waals surface area contributed by atoms with Crippen LogP contribution in [0.15, 0.2) is 59.1 Å². The van der Waals surface area contributed by atoms with E-state index in [2.05, 4.69) is 10.5 Å². The molecule has 0 bridgehead atoms. The van der Waals surface area contributed by atoms with Crippen molar-refractivity contribution in [2.75, 3.05) is 27.2 Å². The van der Waals surface area contributed by atoms with E-state index in [1.165, 1.54) is 0 Å². The number of aromatic nitrogens is 1. The Morgan fingerprint density at radius 1 is 1.17 bits per heavy atom. The molecule has 3 rings (SSSR count). The first-order chi connectivity index (χ1) is 14.0. The highest BCUT2D eigenvalue weighted by atomic mass is 35.5. The molecule has 1 atom stereocenters. The number of hydrogen-bond acceptors (Lipinski definition) is 5. The maximum absolute atomic E-state index is 12.5. The molecule has 1 aromatic heterocycles. The summed E-state index contributed by atoms with van der Waals surface area (Å²) >= 11 is 5.97. The minimum absolute atomic E-state index is 0.00805. The standard InChI is InChI=1S/C22H24ClN3O3/c1-4-28-18-11-7-16(8-12-18)21-13-19(25-29-21)22(27)24-14-20(26(2)3)15-5-9-17(23)10-6-15/h5-13,20H,4,14H2,1-3H3,(H,24,27)/t20-/m1/s1. The molecule has 6 nitrogen and oxygen atoms in total. The lowest BCUT2D eigenvalue weighted by Gasteiger charge is -2.25. The van der Waals surface area contributed by atoms with E-state index in [1.807, 2.05) is 74.4 Å². The van der Waals surface area contributed by atoms with Crippen LogP contribution >= 0.6 is 11.6 Å². The summed E-state index contributed by atoms with van der Waals surface area (Å²) in [5.41, 5.74) is 2.13. The number of rotatable bonds is 8. The summed E-state index contributed by atoms with van der Waals surface area (Å²) in [7, 11) is 3.93. The predicted octanol–water partition coefficient (Wildman–Crippen LogP) is 4.43. The molecule has 7 heteroatoms. The topological polar surface area (TPSA) is 67.6 Å². The maximum Gasteiger partial charge on any atom is 0.273 e. The van der Waals surface area contributed by atoms with Crippen LogP contribution < -0.4 is 10.1 Å². The number of nitrogens with one attached hydrogen (secondary N) is 1.